The van der Waals surface area contributed by atoms with Crippen molar-refractivity contribution in [1.29, 1.82) is 0 Å². The van der Waals surface area contributed by atoms with Gasteiger partial charge in [0.2, 0.25) is 0 Å². The second kappa shape index (κ2) is 5.54. The molecule has 0 aromatic heterocycles. The minimum atomic E-state index is -1.62. The summed E-state index contributed by atoms with van der Waals surface area (Å²) in [5, 5.41) is 23.3. The van der Waals surface area contributed by atoms with E-state index in [1.165, 1.54) is 0 Å². The van der Waals surface area contributed by atoms with Crippen molar-refractivity contribution in [3.63, 3.8) is 0 Å². The van der Waals surface area contributed by atoms with Crippen LogP contribution in [0, 0.1) is 17.8 Å². The van der Waals surface area contributed by atoms with E-state index in [0.29, 0.717) is 5.56 Å². The molecule has 7 heteroatoms. The first-order valence-electron chi connectivity index (χ1n) is 8.38. The summed E-state index contributed by atoms with van der Waals surface area (Å²) in [6.07, 6.45) is 0.0257. The van der Waals surface area contributed by atoms with Crippen LogP contribution in [0.1, 0.15) is 16.8 Å². The van der Waals surface area contributed by atoms with Crippen molar-refractivity contribution < 1.29 is 24.6 Å². The highest BCUT2D eigenvalue weighted by molar-refractivity contribution is 6.07. The largest absolute Gasteiger partial charge is 0.481 e. The Labute approximate surface area is 148 Å². The van der Waals surface area contributed by atoms with Crippen molar-refractivity contribution in [3.8, 4) is 0 Å². The van der Waals surface area contributed by atoms with E-state index in [1.54, 1.807) is 12.1 Å². The summed E-state index contributed by atoms with van der Waals surface area (Å²) < 4.78 is 0. The smallest absolute Gasteiger partial charge is 0.324 e. The van der Waals surface area contributed by atoms with Crippen molar-refractivity contribution in [3.05, 3.63) is 48.0 Å². The van der Waals surface area contributed by atoms with Gasteiger partial charge in [-0.3, -0.25) is 14.4 Å². The van der Waals surface area contributed by atoms with Gasteiger partial charge in [-0.25, -0.2) is 0 Å². The third-order valence-corrected chi connectivity index (χ3v) is 5.73. The van der Waals surface area contributed by atoms with Crippen LogP contribution in [0.15, 0.2) is 42.5 Å². The molecule has 0 heterocycles. The van der Waals surface area contributed by atoms with Crippen molar-refractivity contribution in [2.75, 3.05) is 0 Å². The molecule has 2 saturated carbocycles. The number of benzene rings is 2. The monoisotopic (exact) mass is 354 g/mol. The SMILES string of the molecule is N[C@@]1(C(=O)O)C[C@H](NC(=O)c2cccc3ccccc23)[C@H]2[C@H](C(=O)O)[C@H]21. The molecule has 5 N–H and O–H groups in total. The van der Waals surface area contributed by atoms with Gasteiger partial charge >= 0.3 is 11.9 Å². The van der Waals surface area contributed by atoms with E-state index >= 15 is 0 Å². The van der Waals surface area contributed by atoms with Gasteiger partial charge in [0.25, 0.3) is 5.91 Å². The quantitative estimate of drug-likeness (QED) is 0.650. The molecule has 7 nitrogen and oxygen atoms in total. The number of carboxylic acids is 2. The normalized spacial score (nSPS) is 32.0. The van der Waals surface area contributed by atoms with Gasteiger partial charge in [-0.1, -0.05) is 36.4 Å². The average Bonchev–Trinajstić information content (AvgIpc) is 3.30. The summed E-state index contributed by atoms with van der Waals surface area (Å²) in [7, 11) is 0. The lowest BCUT2D eigenvalue weighted by Crippen LogP contribution is -2.52. The third kappa shape index (κ3) is 2.28. The second-order valence-corrected chi connectivity index (χ2v) is 7.12. The molecule has 2 aliphatic rings. The Morgan fingerprint density at radius 2 is 1.77 bits per heavy atom. The molecule has 2 aromatic carbocycles. The molecular weight excluding hydrogens is 336 g/mol. The number of carboxylic acid groups (broad SMARTS) is 2. The number of nitrogens with one attached hydrogen (secondary N) is 1. The minimum Gasteiger partial charge on any atom is -0.481 e. The third-order valence-electron chi connectivity index (χ3n) is 5.73. The maximum absolute atomic E-state index is 12.8. The highest BCUT2D eigenvalue weighted by Crippen LogP contribution is 2.61. The molecule has 0 saturated heterocycles. The van der Waals surface area contributed by atoms with Gasteiger partial charge in [0.05, 0.1) is 5.92 Å². The lowest BCUT2D eigenvalue weighted by Gasteiger charge is -2.25. The van der Waals surface area contributed by atoms with Crippen molar-refractivity contribution in [2.24, 2.45) is 23.5 Å². The molecule has 134 valence electrons. The summed E-state index contributed by atoms with van der Waals surface area (Å²) in [4.78, 5) is 35.8. The summed E-state index contributed by atoms with van der Waals surface area (Å²) in [5.74, 6) is -4.58. The molecule has 0 unspecified atom stereocenters. The lowest BCUT2D eigenvalue weighted by molar-refractivity contribution is -0.145. The van der Waals surface area contributed by atoms with Crippen LogP contribution >= 0.6 is 0 Å². The van der Waals surface area contributed by atoms with E-state index in [4.69, 9.17) is 5.73 Å². The van der Waals surface area contributed by atoms with Gasteiger partial charge in [-0.2, -0.15) is 0 Å². The van der Waals surface area contributed by atoms with Crippen molar-refractivity contribution >= 4 is 28.6 Å². The molecule has 2 aliphatic carbocycles. The van der Waals surface area contributed by atoms with Crippen LogP contribution in [0.5, 0.6) is 0 Å². The van der Waals surface area contributed by atoms with Crippen LogP contribution in [0.25, 0.3) is 10.8 Å². The van der Waals surface area contributed by atoms with Crippen LogP contribution < -0.4 is 11.1 Å². The van der Waals surface area contributed by atoms with E-state index in [0.717, 1.165) is 10.8 Å². The number of rotatable bonds is 4. The zero-order chi connectivity index (χ0) is 18.6. The number of hydrogen-bond donors (Lipinski definition) is 4. The van der Waals surface area contributed by atoms with Crippen molar-refractivity contribution in [2.45, 2.75) is 18.0 Å². The van der Waals surface area contributed by atoms with Crippen LogP contribution in [0.4, 0.5) is 0 Å². The molecule has 0 radical (unpaired) electrons. The first-order chi connectivity index (χ1) is 12.3. The number of hydrogen-bond acceptors (Lipinski definition) is 4. The first-order valence-corrected chi connectivity index (χ1v) is 8.38. The van der Waals surface area contributed by atoms with E-state index in [1.807, 2.05) is 30.3 Å². The molecule has 1 amide bonds. The summed E-state index contributed by atoms with van der Waals surface area (Å²) in [6, 6.07) is 12.2. The summed E-state index contributed by atoms with van der Waals surface area (Å²) in [6.45, 7) is 0. The van der Waals surface area contributed by atoms with Crippen LogP contribution in [0.3, 0.4) is 0 Å². The Balaban J connectivity index is 1.62. The van der Waals surface area contributed by atoms with E-state index in [-0.39, 0.29) is 12.3 Å². The molecule has 26 heavy (non-hydrogen) atoms. The Bertz CT molecular complexity index is 937. The number of carbonyl (C=O) groups excluding carboxylic acids is 1. The molecule has 5 atom stereocenters. The predicted molar refractivity (Wildman–Crippen MR) is 92.5 cm³/mol. The lowest BCUT2D eigenvalue weighted by atomic mass is 9.90. The molecule has 4 rings (SSSR count). The summed E-state index contributed by atoms with van der Waals surface area (Å²) in [5.41, 5.74) is 4.85. The Kier molecular flexibility index (Phi) is 3.52. The minimum absolute atomic E-state index is 0.0257. The van der Waals surface area contributed by atoms with Gasteiger partial charge < -0.3 is 21.3 Å². The standard InChI is InChI=1S/C19H18N2O5/c20-19(18(25)26)8-12(13-14(15(13)19)17(23)24)21-16(22)11-7-3-5-9-4-1-2-6-10(9)11/h1-7,12-15H,8,20H2,(H,21,22)(H,23,24)(H,25,26)/t12-,13-,14-,15-,19-/m0/s1. The fraction of sp³-hybridized carbons (Fsp3) is 0.316. The van der Waals surface area contributed by atoms with E-state index < -0.39 is 41.3 Å². The number of nitrogens with two attached hydrogens (primary N) is 1. The highest BCUT2D eigenvalue weighted by atomic mass is 16.4. The van der Waals surface area contributed by atoms with Gasteiger partial charge in [-0.05, 0) is 29.2 Å². The molecule has 0 aliphatic heterocycles. The predicted octanol–water partition coefficient (Wildman–Crippen LogP) is 1.07. The Morgan fingerprint density at radius 3 is 2.46 bits per heavy atom. The number of fused-ring (bicyclic) bond motifs is 2. The maximum atomic E-state index is 12.8. The van der Waals surface area contributed by atoms with E-state index in [9.17, 15) is 24.6 Å². The average molecular weight is 354 g/mol. The second-order valence-electron chi connectivity index (χ2n) is 7.12. The molecule has 0 spiro atoms. The van der Waals surface area contributed by atoms with Crippen LogP contribution in [-0.2, 0) is 9.59 Å². The van der Waals surface area contributed by atoms with Gasteiger partial charge in [0.1, 0.15) is 5.54 Å². The zero-order valence-corrected chi connectivity index (χ0v) is 13.8. The topological polar surface area (TPSA) is 130 Å². The molecule has 2 aromatic rings. The molecule has 0 bridgehead atoms. The first kappa shape index (κ1) is 16.5. The Morgan fingerprint density at radius 1 is 1.08 bits per heavy atom. The highest BCUT2D eigenvalue weighted by Gasteiger charge is 2.74. The van der Waals surface area contributed by atoms with Crippen LogP contribution in [0.2, 0.25) is 0 Å². The number of carbonyl (C=O) groups is 3. The van der Waals surface area contributed by atoms with E-state index in [2.05, 4.69) is 5.32 Å². The zero-order valence-electron chi connectivity index (χ0n) is 13.8. The molecular formula is C19H18N2O5. The number of amides is 1. The van der Waals surface area contributed by atoms with Gasteiger partial charge in [0.15, 0.2) is 0 Å². The maximum Gasteiger partial charge on any atom is 0.324 e. The molecule has 2 fully saturated rings. The van der Waals surface area contributed by atoms with Crippen LogP contribution in [-0.4, -0.2) is 39.6 Å². The van der Waals surface area contributed by atoms with Gasteiger partial charge in [-0.15, -0.1) is 0 Å². The Hall–Kier alpha value is -2.93. The number of aliphatic carboxylic acids is 2. The van der Waals surface area contributed by atoms with Crippen molar-refractivity contribution in [1.82, 2.24) is 5.32 Å². The fourth-order valence-electron chi connectivity index (χ4n) is 4.50. The van der Waals surface area contributed by atoms with Gasteiger partial charge in [0, 0.05) is 17.5 Å². The summed E-state index contributed by atoms with van der Waals surface area (Å²) >= 11 is 0. The fourth-order valence-corrected chi connectivity index (χ4v) is 4.50.